The lowest BCUT2D eigenvalue weighted by atomic mass is 10.2. The van der Waals surface area contributed by atoms with Crippen molar-refractivity contribution in [2.24, 2.45) is 0 Å². The van der Waals surface area contributed by atoms with Crippen LogP contribution in [-0.4, -0.2) is 20.7 Å². The van der Waals surface area contributed by atoms with Crippen LogP contribution in [0.4, 0.5) is 0 Å². The van der Waals surface area contributed by atoms with Gasteiger partial charge < -0.3 is 14.8 Å². The summed E-state index contributed by atoms with van der Waals surface area (Å²) in [4.78, 5) is 34.5. The zero-order chi connectivity index (χ0) is 14.2. The molecule has 0 spiro atoms. The summed E-state index contributed by atoms with van der Waals surface area (Å²) < 4.78 is 1.40. The van der Waals surface area contributed by atoms with Crippen LogP contribution < -0.4 is 10.9 Å². The highest BCUT2D eigenvalue weighted by Gasteiger charge is 2.13. The number of aromatic carboxylic acids is 1. The lowest BCUT2D eigenvalue weighted by Crippen LogP contribution is -2.17. The fourth-order valence-corrected chi connectivity index (χ4v) is 1.97. The van der Waals surface area contributed by atoms with Crippen molar-refractivity contribution in [2.75, 3.05) is 0 Å². The number of aryl methyl sites for hydroxylation is 1. The Morgan fingerprint density at radius 3 is 2.47 bits per heavy atom. The standard InChI is InChI=1S/C13H11NO5/c1-2-14-8-3-4-10(15)12(17)5-7(8)11(16)6-9(14)13(18)19/h3-6H,2H2,1H3,(H,15,17)(H,18,19). The van der Waals surface area contributed by atoms with Crippen LogP contribution in [-0.2, 0) is 6.54 Å². The van der Waals surface area contributed by atoms with Crippen molar-refractivity contribution in [3.63, 3.8) is 0 Å². The zero-order valence-corrected chi connectivity index (χ0v) is 10.1. The highest BCUT2D eigenvalue weighted by atomic mass is 16.4. The number of rotatable bonds is 2. The molecule has 0 aliphatic heterocycles. The molecule has 0 saturated carbocycles. The van der Waals surface area contributed by atoms with Gasteiger partial charge in [-0.1, -0.05) is 0 Å². The minimum atomic E-state index is -1.22. The van der Waals surface area contributed by atoms with Crippen molar-refractivity contribution in [3.05, 3.63) is 50.4 Å². The minimum absolute atomic E-state index is 0.0807. The molecule has 0 atom stereocenters. The molecule has 2 N–H and O–H groups in total. The Morgan fingerprint density at radius 2 is 1.89 bits per heavy atom. The number of aromatic nitrogens is 1. The van der Waals surface area contributed by atoms with Gasteiger partial charge in [0.1, 0.15) is 5.69 Å². The number of fused-ring (bicyclic) bond motifs is 1. The van der Waals surface area contributed by atoms with E-state index in [1.165, 1.54) is 10.6 Å². The number of carbonyl (C=O) groups is 1. The van der Waals surface area contributed by atoms with Crippen LogP contribution in [0.5, 0.6) is 5.75 Å². The smallest absolute Gasteiger partial charge is 0.352 e. The highest BCUT2D eigenvalue weighted by Crippen LogP contribution is 2.13. The lowest BCUT2D eigenvalue weighted by Gasteiger charge is -2.10. The molecule has 2 aromatic rings. The first-order valence-electron chi connectivity index (χ1n) is 5.60. The van der Waals surface area contributed by atoms with E-state index < -0.39 is 22.6 Å². The molecular formula is C13H11NO5. The first-order chi connectivity index (χ1) is 8.95. The number of aromatic hydroxyl groups is 1. The van der Waals surface area contributed by atoms with E-state index in [0.29, 0.717) is 12.1 Å². The van der Waals surface area contributed by atoms with E-state index in [-0.39, 0.29) is 11.1 Å². The molecule has 2 rings (SSSR count). The van der Waals surface area contributed by atoms with Gasteiger partial charge in [0.05, 0.1) is 5.52 Å². The largest absolute Gasteiger partial charge is 0.504 e. The fraction of sp³-hybridized carbons (Fsp3) is 0.154. The number of carboxylic acid groups (broad SMARTS) is 1. The summed E-state index contributed by atoms with van der Waals surface area (Å²) in [5.74, 6) is -1.71. The van der Waals surface area contributed by atoms with Crippen molar-refractivity contribution >= 4 is 16.9 Å². The van der Waals surface area contributed by atoms with Gasteiger partial charge in [0, 0.05) is 24.1 Å². The molecule has 0 fully saturated rings. The van der Waals surface area contributed by atoms with Crippen LogP contribution in [0.2, 0.25) is 0 Å². The summed E-state index contributed by atoms with van der Waals surface area (Å²) in [7, 11) is 0. The molecule has 0 aliphatic carbocycles. The van der Waals surface area contributed by atoms with Crippen molar-refractivity contribution in [1.29, 1.82) is 0 Å². The average Bonchev–Trinajstić information content (AvgIpc) is 2.51. The molecule has 19 heavy (non-hydrogen) atoms. The summed E-state index contributed by atoms with van der Waals surface area (Å²) >= 11 is 0. The van der Waals surface area contributed by atoms with Crippen LogP contribution in [0.15, 0.2) is 33.9 Å². The molecule has 1 aromatic carbocycles. The van der Waals surface area contributed by atoms with Gasteiger partial charge in [-0.3, -0.25) is 9.59 Å². The minimum Gasteiger partial charge on any atom is -0.504 e. The van der Waals surface area contributed by atoms with Crippen LogP contribution in [0, 0.1) is 0 Å². The molecule has 0 amide bonds. The average molecular weight is 261 g/mol. The lowest BCUT2D eigenvalue weighted by molar-refractivity contribution is 0.0685. The first-order valence-corrected chi connectivity index (χ1v) is 5.60. The number of carboxylic acids is 1. The summed E-state index contributed by atoms with van der Waals surface area (Å²) in [6, 6.07) is 4.51. The van der Waals surface area contributed by atoms with E-state index in [4.69, 9.17) is 5.11 Å². The zero-order valence-electron chi connectivity index (χ0n) is 10.1. The molecule has 1 aromatic heterocycles. The monoisotopic (exact) mass is 261 g/mol. The molecule has 0 saturated heterocycles. The highest BCUT2D eigenvalue weighted by molar-refractivity contribution is 5.90. The summed E-state index contributed by atoms with van der Waals surface area (Å²) in [6.45, 7) is 2.04. The Hall–Kier alpha value is -2.63. The number of pyridine rings is 1. The molecule has 6 heteroatoms. The second-order valence-corrected chi connectivity index (χ2v) is 3.97. The topological polar surface area (TPSA) is 96.6 Å². The number of hydrogen-bond acceptors (Lipinski definition) is 4. The second kappa shape index (κ2) is 4.56. The van der Waals surface area contributed by atoms with Crippen molar-refractivity contribution in [1.82, 2.24) is 4.57 Å². The molecule has 0 bridgehead atoms. The summed E-state index contributed by atoms with van der Waals surface area (Å²) in [5, 5.41) is 18.5. The Morgan fingerprint density at radius 1 is 1.21 bits per heavy atom. The maximum Gasteiger partial charge on any atom is 0.352 e. The Balaban J connectivity index is 3.09. The van der Waals surface area contributed by atoms with Gasteiger partial charge >= 0.3 is 5.97 Å². The SMILES string of the molecule is CCn1c(C(=O)O)cc(=O)c2cc(=O)c(O)ccc21. The van der Waals surface area contributed by atoms with Gasteiger partial charge in [-0.2, -0.15) is 0 Å². The predicted molar refractivity (Wildman–Crippen MR) is 68.8 cm³/mol. The quantitative estimate of drug-likeness (QED) is 0.832. The first kappa shape index (κ1) is 12.8. The molecule has 1 heterocycles. The van der Waals surface area contributed by atoms with Crippen LogP contribution in [0.3, 0.4) is 0 Å². The molecule has 0 aliphatic rings. The van der Waals surface area contributed by atoms with Gasteiger partial charge in [-0.25, -0.2) is 4.79 Å². The number of hydrogen-bond donors (Lipinski definition) is 2. The van der Waals surface area contributed by atoms with Crippen molar-refractivity contribution in [3.8, 4) is 5.75 Å². The van der Waals surface area contributed by atoms with E-state index in [1.54, 1.807) is 6.92 Å². The van der Waals surface area contributed by atoms with Gasteiger partial charge in [0.15, 0.2) is 11.2 Å². The number of nitrogens with zero attached hydrogens (tertiary/aromatic N) is 1. The Kier molecular flexibility index (Phi) is 3.08. The van der Waals surface area contributed by atoms with E-state index in [0.717, 1.165) is 18.2 Å². The maximum absolute atomic E-state index is 11.9. The van der Waals surface area contributed by atoms with Crippen LogP contribution >= 0.6 is 0 Å². The molecule has 98 valence electrons. The molecule has 6 nitrogen and oxygen atoms in total. The van der Waals surface area contributed by atoms with E-state index in [1.807, 2.05) is 0 Å². The normalized spacial score (nSPS) is 10.6. The molecule has 0 radical (unpaired) electrons. The van der Waals surface area contributed by atoms with E-state index in [2.05, 4.69) is 0 Å². The van der Waals surface area contributed by atoms with E-state index >= 15 is 0 Å². The van der Waals surface area contributed by atoms with Gasteiger partial charge in [0.25, 0.3) is 0 Å². The van der Waals surface area contributed by atoms with Crippen molar-refractivity contribution in [2.45, 2.75) is 13.5 Å². The third-order valence-corrected chi connectivity index (χ3v) is 2.85. The maximum atomic E-state index is 11.9. The molecule has 0 unspecified atom stereocenters. The van der Waals surface area contributed by atoms with Gasteiger partial charge in [0.2, 0.25) is 5.43 Å². The predicted octanol–water partition coefficient (Wildman–Crippen LogP) is 0.785. The van der Waals surface area contributed by atoms with Crippen LogP contribution in [0.25, 0.3) is 10.9 Å². The van der Waals surface area contributed by atoms with E-state index in [9.17, 15) is 19.5 Å². The van der Waals surface area contributed by atoms with Gasteiger partial charge in [-0.15, -0.1) is 0 Å². The second-order valence-electron chi connectivity index (χ2n) is 3.97. The summed E-state index contributed by atoms with van der Waals surface area (Å²) in [5.41, 5.74) is -1.11. The van der Waals surface area contributed by atoms with Crippen LogP contribution in [0.1, 0.15) is 17.4 Å². The summed E-state index contributed by atoms with van der Waals surface area (Å²) in [6.07, 6.45) is 0. The Bertz CT molecular complexity index is 791. The third kappa shape index (κ3) is 2.08. The van der Waals surface area contributed by atoms with Gasteiger partial charge in [-0.05, 0) is 19.1 Å². The third-order valence-electron chi connectivity index (χ3n) is 2.85. The molecular weight excluding hydrogens is 250 g/mol. The Labute approximate surface area is 107 Å². The fourth-order valence-electron chi connectivity index (χ4n) is 1.97. The van der Waals surface area contributed by atoms with Crippen molar-refractivity contribution < 1.29 is 15.0 Å².